The third-order valence-corrected chi connectivity index (χ3v) is 4.08. The molecule has 0 aromatic heterocycles. The Balaban J connectivity index is 2.13. The molecule has 0 N–H and O–H groups in total. The van der Waals surface area contributed by atoms with Crippen LogP contribution in [0.3, 0.4) is 0 Å². The van der Waals surface area contributed by atoms with Crippen molar-refractivity contribution in [2.45, 2.75) is 38.5 Å². The second kappa shape index (κ2) is 4.08. The summed E-state index contributed by atoms with van der Waals surface area (Å²) in [6.07, 6.45) is 0.402. The Morgan fingerprint density at radius 2 is 2.05 bits per heavy atom. The first-order valence-electron chi connectivity index (χ1n) is 6.58. The highest BCUT2D eigenvalue weighted by atomic mass is 16.5. The van der Waals surface area contributed by atoms with Gasteiger partial charge in [0.2, 0.25) is 0 Å². The number of benzene rings is 1. The van der Waals surface area contributed by atoms with Crippen molar-refractivity contribution in [3.8, 4) is 0 Å². The Labute approximate surface area is 113 Å². The molecule has 100 valence electrons. The van der Waals surface area contributed by atoms with E-state index in [4.69, 9.17) is 4.74 Å². The fraction of sp³-hybridized carbons (Fsp3) is 0.467. The summed E-state index contributed by atoms with van der Waals surface area (Å²) in [6, 6.07) is 8.19. The number of ether oxygens (including phenoxy) is 1. The Bertz CT molecular complexity index is 567. The normalized spacial score (nSPS) is 29.8. The largest absolute Gasteiger partial charge is 0.475 e. The molecule has 1 aromatic rings. The van der Waals surface area contributed by atoms with Gasteiger partial charge in [-0.2, -0.15) is 0 Å². The number of likely N-dealkylation sites (N-methyl/N-ethyl adjacent to an activating group) is 1. The molecule has 3 rings (SSSR count). The summed E-state index contributed by atoms with van der Waals surface area (Å²) in [5.74, 6) is 0.654. The van der Waals surface area contributed by atoms with Gasteiger partial charge in [-0.05, 0) is 18.1 Å². The summed E-state index contributed by atoms with van der Waals surface area (Å²) in [7, 11) is 1.84. The van der Waals surface area contributed by atoms with E-state index in [0.29, 0.717) is 18.9 Å². The lowest BCUT2D eigenvalue weighted by Gasteiger charge is -2.29. The molecule has 4 heteroatoms. The first-order valence-corrected chi connectivity index (χ1v) is 6.58. The van der Waals surface area contributed by atoms with Crippen LogP contribution in [0.25, 0.3) is 0 Å². The van der Waals surface area contributed by atoms with Crippen molar-refractivity contribution in [2.75, 3.05) is 7.05 Å². The Hall–Kier alpha value is -1.84. The first-order chi connectivity index (χ1) is 9.03. The maximum absolute atomic E-state index is 12.7. The van der Waals surface area contributed by atoms with Gasteiger partial charge in [-0.15, -0.1) is 0 Å². The van der Waals surface area contributed by atoms with E-state index in [-0.39, 0.29) is 12.0 Å². The third-order valence-electron chi connectivity index (χ3n) is 4.08. The first kappa shape index (κ1) is 12.2. The zero-order valence-corrected chi connectivity index (χ0v) is 11.5. The van der Waals surface area contributed by atoms with Crippen molar-refractivity contribution in [1.29, 1.82) is 0 Å². The summed E-state index contributed by atoms with van der Waals surface area (Å²) in [6.45, 7) is 4.38. The molecule has 4 nitrogen and oxygen atoms in total. The molecule has 2 atom stereocenters. The van der Waals surface area contributed by atoms with Crippen LogP contribution >= 0.6 is 0 Å². The number of aliphatic imine (C=N–C) groups is 1. The van der Waals surface area contributed by atoms with Gasteiger partial charge in [0.05, 0.1) is 0 Å². The van der Waals surface area contributed by atoms with Crippen molar-refractivity contribution in [2.24, 2.45) is 4.99 Å². The minimum Gasteiger partial charge on any atom is -0.475 e. The van der Waals surface area contributed by atoms with Gasteiger partial charge in [-0.25, -0.2) is 4.99 Å². The quantitative estimate of drug-likeness (QED) is 0.712. The van der Waals surface area contributed by atoms with E-state index < -0.39 is 5.54 Å². The number of carbonyl (C=O) groups excluding carboxylic acids is 1. The van der Waals surface area contributed by atoms with E-state index in [1.165, 1.54) is 11.1 Å². The van der Waals surface area contributed by atoms with Gasteiger partial charge in [-0.1, -0.05) is 24.3 Å². The fourth-order valence-electron chi connectivity index (χ4n) is 3.06. The van der Waals surface area contributed by atoms with Crippen LogP contribution in [-0.4, -0.2) is 35.4 Å². The second-order valence-corrected chi connectivity index (χ2v) is 5.42. The molecule has 1 amide bonds. The summed E-state index contributed by atoms with van der Waals surface area (Å²) in [5.41, 5.74) is 1.60. The van der Waals surface area contributed by atoms with Crippen molar-refractivity contribution < 1.29 is 9.53 Å². The van der Waals surface area contributed by atoms with Gasteiger partial charge < -0.3 is 9.64 Å². The van der Waals surface area contributed by atoms with E-state index in [1.807, 2.05) is 33.0 Å². The average molecular weight is 258 g/mol. The molecule has 0 unspecified atom stereocenters. The van der Waals surface area contributed by atoms with Crippen molar-refractivity contribution >= 4 is 11.8 Å². The number of carbonyl (C=O) groups is 1. The van der Waals surface area contributed by atoms with Gasteiger partial charge in [0, 0.05) is 26.9 Å². The maximum atomic E-state index is 12.7. The van der Waals surface area contributed by atoms with Crippen LogP contribution in [0.1, 0.15) is 25.0 Å². The molecule has 0 saturated heterocycles. The summed E-state index contributed by atoms with van der Waals surface area (Å²) >= 11 is 0. The molecule has 0 radical (unpaired) electrons. The topological polar surface area (TPSA) is 41.9 Å². The zero-order chi connectivity index (χ0) is 13.6. The molecule has 0 bridgehead atoms. The molecule has 2 aliphatic heterocycles. The third kappa shape index (κ3) is 1.74. The minimum atomic E-state index is -0.786. The molecule has 1 spiro atoms. The van der Waals surface area contributed by atoms with Crippen LogP contribution < -0.4 is 0 Å². The number of hydrogen-bond acceptors (Lipinski definition) is 3. The average Bonchev–Trinajstić information content (AvgIpc) is 2.60. The summed E-state index contributed by atoms with van der Waals surface area (Å²) < 4.78 is 5.65. The lowest BCUT2D eigenvalue weighted by molar-refractivity contribution is -0.137. The van der Waals surface area contributed by atoms with Gasteiger partial charge >= 0.3 is 0 Å². The molecule has 19 heavy (non-hydrogen) atoms. The van der Waals surface area contributed by atoms with Gasteiger partial charge in [0.1, 0.15) is 6.10 Å². The molecule has 1 aromatic carbocycles. The van der Waals surface area contributed by atoms with E-state index in [2.05, 4.69) is 17.1 Å². The zero-order valence-electron chi connectivity index (χ0n) is 11.5. The van der Waals surface area contributed by atoms with Crippen molar-refractivity contribution in [3.63, 3.8) is 0 Å². The lowest BCUT2D eigenvalue weighted by atomic mass is 9.86. The summed E-state index contributed by atoms with van der Waals surface area (Å²) in [4.78, 5) is 19.0. The molecular formula is C15H18N2O2. The number of fused-ring (bicyclic) bond motifs is 1. The Morgan fingerprint density at radius 3 is 2.68 bits per heavy atom. The highest BCUT2D eigenvalue weighted by molar-refractivity contribution is 5.93. The van der Waals surface area contributed by atoms with Crippen LogP contribution in [-0.2, 0) is 22.5 Å². The van der Waals surface area contributed by atoms with E-state index in [9.17, 15) is 4.79 Å². The lowest BCUT2D eigenvalue weighted by Crippen LogP contribution is -2.51. The molecule has 0 aliphatic carbocycles. The highest BCUT2D eigenvalue weighted by Crippen LogP contribution is 2.35. The van der Waals surface area contributed by atoms with Crippen LogP contribution in [0.2, 0.25) is 0 Å². The van der Waals surface area contributed by atoms with Crippen LogP contribution in [0.15, 0.2) is 29.3 Å². The maximum Gasteiger partial charge on any atom is 0.254 e. The summed E-state index contributed by atoms with van der Waals surface area (Å²) in [5, 5.41) is 0. The predicted octanol–water partition coefficient (Wildman–Crippen LogP) is 1.78. The van der Waals surface area contributed by atoms with Crippen molar-refractivity contribution in [1.82, 2.24) is 4.90 Å². The van der Waals surface area contributed by atoms with E-state index in [1.54, 1.807) is 4.90 Å². The Kier molecular flexibility index (Phi) is 2.62. The van der Waals surface area contributed by atoms with Gasteiger partial charge in [0.15, 0.2) is 11.4 Å². The van der Waals surface area contributed by atoms with Crippen LogP contribution in [0.4, 0.5) is 0 Å². The molecule has 2 aliphatic rings. The molecule has 0 saturated carbocycles. The van der Waals surface area contributed by atoms with Crippen LogP contribution in [0.5, 0.6) is 0 Å². The fourth-order valence-corrected chi connectivity index (χ4v) is 3.06. The number of nitrogens with zero attached hydrogens (tertiary/aromatic N) is 2. The monoisotopic (exact) mass is 258 g/mol. The highest BCUT2D eigenvalue weighted by Gasteiger charge is 2.51. The van der Waals surface area contributed by atoms with E-state index in [0.717, 1.165) is 0 Å². The number of hydrogen-bond donors (Lipinski definition) is 0. The molecule has 2 heterocycles. The standard InChI is InChI=1S/C15H18N2O2/c1-10-15(16-11(2)19-10)8-12-6-4-5-7-13(12)9-17(3)14(15)18/h4-7,10H,8-9H2,1-3H3/t10-,15-/m0/s1. The van der Waals surface area contributed by atoms with Gasteiger partial charge in [-0.3, -0.25) is 4.79 Å². The van der Waals surface area contributed by atoms with E-state index >= 15 is 0 Å². The van der Waals surface area contributed by atoms with Crippen molar-refractivity contribution in [3.05, 3.63) is 35.4 Å². The van der Waals surface area contributed by atoms with Crippen LogP contribution in [0, 0.1) is 0 Å². The number of amides is 1. The molecular weight excluding hydrogens is 240 g/mol. The molecule has 0 fully saturated rings. The smallest absolute Gasteiger partial charge is 0.254 e. The number of rotatable bonds is 0. The van der Waals surface area contributed by atoms with Gasteiger partial charge in [0.25, 0.3) is 5.91 Å². The Morgan fingerprint density at radius 1 is 1.37 bits per heavy atom. The second-order valence-electron chi connectivity index (χ2n) is 5.42. The SMILES string of the molecule is CC1=N[C@@]2(Cc3ccccc3CN(C)C2=O)[C@H](C)O1. The predicted molar refractivity (Wildman–Crippen MR) is 73.0 cm³/mol. The minimum absolute atomic E-state index is 0.0491.